The maximum absolute atomic E-state index is 4.92. The molecule has 48 heavy (non-hydrogen) atoms. The van der Waals surface area contributed by atoms with E-state index in [4.69, 9.17) is 4.98 Å². The van der Waals surface area contributed by atoms with Crippen LogP contribution in [0.3, 0.4) is 0 Å². The van der Waals surface area contributed by atoms with E-state index in [1.807, 2.05) is 30.3 Å². The van der Waals surface area contributed by atoms with Crippen LogP contribution in [0.5, 0.6) is 0 Å². The summed E-state index contributed by atoms with van der Waals surface area (Å²) in [5.74, 6) is 0. The maximum atomic E-state index is 4.92. The number of fused-ring (bicyclic) bond motifs is 4. The first kappa shape index (κ1) is 31.6. The molecule has 0 fully saturated rings. The van der Waals surface area contributed by atoms with Crippen molar-refractivity contribution in [3.8, 4) is 11.4 Å². The van der Waals surface area contributed by atoms with Crippen LogP contribution in [0.4, 0.5) is 0 Å². The number of nitrogens with zero attached hydrogens (tertiary/aromatic N) is 3. The van der Waals surface area contributed by atoms with Gasteiger partial charge in [0.25, 0.3) is 6.33 Å². The average molecular weight is 859 g/mol. The van der Waals surface area contributed by atoms with Crippen molar-refractivity contribution in [2.75, 3.05) is 0 Å². The Morgan fingerprint density at radius 3 is 1.73 bits per heavy atom. The van der Waals surface area contributed by atoms with Crippen LogP contribution in [0.15, 0.2) is 182 Å². The van der Waals surface area contributed by atoms with Gasteiger partial charge < -0.3 is 9.55 Å². The van der Waals surface area contributed by atoms with Crippen LogP contribution in [0.2, 0.25) is 0 Å². The van der Waals surface area contributed by atoms with E-state index in [1.165, 1.54) is 18.4 Å². The fourth-order valence-electron chi connectivity index (χ4n) is 6.08. The molecular formula is C43H30AsN3Pt-2. The third kappa shape index (κ3) is 6.20. The van der Waals surface area contributed by atoms with Crippen LogP contribution >= 0.6 is 0 Å². The molecule has 0 atom stereocenters. The number of hydrogen-bond acceptors (Lipinski definition) is 0. The van der Waals surface area contributed by atoms with Crippen molar-refractivity contribution in [1.82, 2.24) is 9.55 Å². The van der Waals surface area contributed by atoms with E-state index < -0.39 is 14.7 Å². The number of aromatic nitrogens is 3. The Labute approximate surface area is 299 Å². The predicted octanol–water partition coefficient (Wildman–Crippen LogP) is 6.97. The van der Waals surface area contributed by atoms with Gasteiger partial charge in [0.15, 0.2) is 0 Å². The van der Waals surface area contributed by atoms with E-state index in [-0.39, 0.29) is 21.1 Å². The molecule has 9 aromatic rings. The second-order valence-electron chi connectivity index (χ2n) is 11.2. The number of imidazole rings is 1. The van der Waals surface area contributed by atoms with Crippen LogP contribution in [0.1, 0.15) is 0 Å². The third-order valence-corrected chi connectivity index (χ3v) is 13.3. The van der Waals surface area contributed by atoms with E-state index in [2.05, 4.69) is 173 Å². The number of benzene rings is 7. The van der Waals surface area contributed by atoms with Gasteiger partial charge >= 0.3 is 119 Å². The van der Waals surface area contributed by atoms with E-state index in [9.17, 15) is 0 Å². The molecular weight excluding hydrogens is 828 g/mol. The molecule has 0 saturated carbocycles. The fraction of sp³-hybridized carbons (Fsp3) is 0. The monoisotopic (exact) mass is 858 g/mol. The van der Waals surface area contributed by atoms with E-state index in [1.54, 1.807) is 0 Å². The minimum atomic E-state index is -1.39. The first-order chi connectivity index (χ1) is 23.3. The van der Waals surface area contributed by atoms with Gasteiger partial charge in [0.1, 0.15) is 0 Å². The standard InChI is InChI=1S/C25H15N3.C18H15As.Pt/c1-2-9-18(10-3-1)27-17-28(23-15-7-6-14-22(23)27)24-16-8-12-20-19-11-4-5-13-21(19)26-25(20)24;1-4-10-16(11-5-1)19(17-12-6-2-7-13-17)18-14-8-3-9-15-18;/h1-9,11-16H;1-15H;/q-2;;. The molecule has 0 bridgehead atoms. The van der Waals surface area contributed by atoms with Gasteiger partial charge in [0.2, 0.25) is 0 Å². The Hall–Kier alpha value is -4.94. The molecule has 0 unspecified atom stereocenters. The molecule has 9 rings (SSSR count). The van der Waals surface area contributed by atoms with Gasteiger partial charge in [0.05, 0.1) is 16.7 Å². The summed E-state index contributed by atoms with van der Waals surface area (Å²) in [6.07, 6.45) is 3.52. The molecule has 2 heterocycles. The summed E-state index contributed by atoms with van der Waals surface area (Å²) >= 11 is -1.39. The molecule has 2 aromatic heterocycles. The Bertz CT molecular complexity index is 2310. The Kier molecular flexibility index (Phi) is 9.52. The van der Waals surface area contributed by atoms with E-state index in [0.29, 0.717) is 0 Å². The average Bonchev–Trinajstić information content (AvgIpc) is 3.73. The summed E-state index contributed by atoms with van der Waals surface area (Å²) < 4.78 is 8.59. The number of para-hydroxylation sites is 5. The Morgan fingerprint density at radius 2 is 1.08 bits per heavy atom. The van der Waals surface area contributed by atoms with Crippen LogP contribution in [-0.2, 0) is 21.1 Å². The molecule has 0 radical (unpaired) electrons. The van der Waals surface area contributed by atoms with Gasteiger partial charge in [-0.3, -0.25) is 4.57 Å². The minimum absolute atomic E-state index is 0. The van der Waals surface area contributed by atoms with Crippen LogP contribution in [-0.4, -0.2) is 19.2 Å². The SMILES string of the molecule is [Pt].[c-]1ccccc1-n1[c-][n+](-c2cccc3c2[n-]c2ccccc23)c2ccccc21.c1ccc([As](c2ccccc2)c2ccccc2)cc1. The normalized spacial score (nSPS) is 10.9. The van der Waals surface area contributed by atoms with Crippen molar-refractivity contribution >= 4 is 60.5 Å². The Balaban J connectivity index is 0.000000160. The van der Waals surface area contributed by atoms with Crippen LogP contribution in [0.25, 0.3) is 44.2 Å². The molecule has 0 aliphatic carbocycles. The predicted molar refractivity (Wildman–Crippen MR) is 195 cm³/mol. The van der Waals surface area contributed by atoms with Crippen molar-refractivity contribution in [2.45, 2.75) is 0 Å². The molecule has 7 aromatic carbocycles. The first-order valence-electron chi connectivity index (χ1n) is 15.7. The zero-order valence-electron chi connectivity index (χ0n) is 25.9. The zero-order chi connectivity index (χ0) is 31.4. The van der Waals surface area contributed by atoms with Gasteiger partial charge in [-0.2, -0.15) is 30.3 Å². The van der Waals surface area contributed by atoms with Crippen molar-refractivity contribution in [3.63, 3.8) is 0 Å². The fourth-order valence-corrected chi connectivity index (χ4v) is 10.9. The molecule has 0 amide bonds. The van der Waals surface area contributed by atoms with Gasteiger partial charge in [-0.1, -0.05) is 66.7 Å². The first-order valence-corrected chi connectivity index (χ1v) is 18.5. The molecule has 0 aliphatic rings. The summed E-state index contributed by atoms with van der Waals surface area (Å²) in [6.45, 7) is 0. The van der Waals surface area contributed by atoms with Gasteiger partial charge in [-0.25, -0.2) is 0 Å². The summed E-state index contributed by atoms with van der Waals surface area (Å²) in [6, 6.07) is 66.9. The van der Waals surface area contributed by atoms with Crippen molar-refractivity contribution in [2.24, 2.45) is 0 Å². The molecule has 3 nitrogen and oxygen atoms in total. The number of rotatable bonds is 5. The molecule has 0 aliphatic heterocycles. The van der Waals surface area contributed by atoms with Gasteiger partial charge in [-0.05, 0) is 16.5 Å². The summed E-state index contributed by atoms with van der Waals surface area (Å²) in [5.41, 5.74) is 6.16. The molecule has 0 spiro atoms. The van der Waals surface area contributed by atoms with Crippen molar-refractivity contribution in [3.05, 3.63) is 194 Å². The van der Waals surface area contributed by atoms with E-state index in [0.717, 1.165) is 38.8 Å². The third-order valence-electron chi connectivity index (χ3n) is 8.22. The Morgan fingerprint density at radius 1 is 0.521 bits per heavy atom. The van der Waals surface area contributed by atoms with Gasteiger partial charge in [0, 0.05) is 21.1 Å². The summed E-state index contributed by atoms with van der Waals surface area (Å²) in [5, 5.41) is 2.34. The topological polar surface area (TPSA) is 22.9 Å². The quantitative estimate of drug-likeness (QED) is 0.104. The van der Waals surface area contributed by atoms with Crippen LogP contribution in [0, 0.1) is 12.4 Å². The van der Waals surface area contributed by atoms with Crippen molar-refractivity contribution in [1.29, 1.82) is 0 Å². The van der Waals surface area contributed by atoms with E-state index >= 15 is 0 Å². The summed E-state index contributed by atoms with van der Waals surface area (Å²) in [7, 11) is 0. The van der Waals surface area contributed by atoms with Gasteiger partial charge in [-0.15, -0.1) is 11.0 Å². The molecule has 0 saturated heterocycles. The number of hydrogen-bond donors (Lipinski definition) is 0. The second-order valence-corrected chi connectivity index (χ2v) is 15.8. The second kappa shape index (κ2) is 14.4. The molecule has 0 N–H and O–H groups in total. The summed E-state index contributed by atoms with van der Waals surface area (Å²) in [4.78, 5) is 4.92. The zero-order valence-corrected chi connectivity index (χ0v) is 30.1. The van der Waals surface area contributed by atoms with Crippen LogP contribution < -0.4 is 22.6 Å². The molecule has 5 heteroatoms. The molecule has 234 valence electrons. The van der Waals surface area contributed by atoms with Crippen molar-refractivity contribution < 1.29 is 25.6 Å².